The van der Waals surface area contributed by atoms with Gasteiger partial charge in [0.2, 0.25) is 0 Å². The number of benzene rings is 2. The number of hydrogen-bond acceptors (Lipinski definition) is 10. The summed E-state index contributed by atoms with van der Waals surface area (Å²) >= 11 is 1.15. The Morgan fingerprint density at radius 2 is 1.98 bits per heavy atom. The summed E-state index contributed by atoms with van der Waals surface area (Å²) in [5.74, 6) is 1.13. The number of thiazole rings is 1. The van der Waals surface area contributed by atoms with Crippen LogP contribution < -0.4 is 24.4 Å². The number of allylic oxidation sites excluding steroid dienone is 1. The Morgan fingerprint density at radius 3 is 2.65 bits per heavy atom. The highest BCUT2D eigenvalue weighted by molar-refractivity contribution is 7.07. The molecule has 1 atom stereocenters. The molecule has 0 unspecified atom stereocenters. The summed E-state index contributed by atoms with van der Waals surface area (Å²) in [5.41, 5.74) is 1.29. The molecule has 2 aromatic heterocycles. The molecule has 12 heteroatoms. The molecule has 220 valence electrons. The number of nitrogens with zero attached hydrogens (tertiary/aromatic N) is 3. The number of nitro groups is 1. The molecule has 4 aromatic rings. The third-order valence-electron chi connectivity index (χ3n) is 6.64. The minimum Gasteiger partial charge on any atom is -0.496 e. The van der Waals surface area contributed by atoms with Gasteiger partial charge in [0.05, 0.1) is 46.0 Å². The molecule has 2 aromatic carbocycles. The van der Waals surface area contributed by atoms with Gasteiger partial charge in [-0.2, -0.15) is 0 Å². The van der Waals surface area contributed by atoms with Crippen molar-refractivity contribution in [2.24, 2.45) is 4.99 Å². The van der Waals surface area contributed by atoms with Crippen LogP contribution in [0.25, 0.3) is 17.4 Å². The van der Waals surface area contributed by atoms with Crippen LogP contribution in [0.15, 0.2) is 92.7 Å². The van der Waals surface area contributed by atoms with Crippen LogP contribution in [0.1, 0.15) is 31.2 Å². The molecule has 0 fully saturated rings. The highest BCUT2D eigenvalue weighted by Crippen LogP contribution is 2.35. The number of nitro benzene ring substituents is 1. The molecule has 0 bridgehead atoms. The van der Waals surface area contributed by atoms with Gasteiger partial charge in [-0.05, 0) is 49.7 Å². The minimum atomic E-state index is -0.785. The van der Waals surface area contributed by atoms with Gasteiger partial charge in [0.1, 0.15) is 29.6 Å². The average molecular weight is 602 g/mol. The summed E-state index contributed by atoms with van der Waals surface area (Å²) in [5, 5.41) is 11.3. The Hall–Kier alpha value is -5.23. The van der Waals surface area contributed by atoms with Gasteiger partial charge in [0.15, 0.2) is 4.80 Å². The van der Waals surface area contributed by atoms with Crippen LogP contribution in [-0.2, 0) is 9.53 Å². The molecular weight excluding hydrogens is 574 g/mol. The topological polar surface area (TPSA) is 135 Å². The zero-order valence-corrected chi connectivity index (χ0v) is 24.4. The third-order valence-corrected chi connectivity index (χ3v) is 7.62. The van der Waals surface area contributed by atoms with Crippen LogP contribution >= 0.6 is 11.3 Å². The second kappa shape index (κ2) is 12.3. The second-order valence-electron chi connectivity index (χ2n) is 9.31. The molecule has 0 spiro atoms. The summed E-state index contributed by atoms with van der Waals surface area (Å²) in [4.78, 5) is 42.8. The van der Waals surface area contributed by atoms with Crippen molar-refractivity contribution in [3.8, 4) is 22.8 Å². The summed E-state index contributed by atoms with van der Waals surface area (Å²) in [7, 11) is 1.46. The number of fused-ring (bicyclic) bond motifs is 1. The normalized spacial score (nSPS) is 14.6. The first kappa shape index (κ1) is 29.3. The van der Waals surface area contributed by atoms with Crippen molar-refractivity contribution in [3.05, 3.63) is 120 Å². The van der Waals surface area contributed by atoms with Crippen molar-refractivity contribution >= 4 is 29.1 Å². The maximum Gasteiger partial charge on any atom is 0.338 e. The molecule has 1 aliphatic rings. The van der Waals surface area contributed by atoms with Crippen molar-refractivity contribution in [1.29, 1.82) is 0 Å². The van der Waals surface area contributed by atoms with E-state index in [9.17, 15) is 19.7 Å². The lowest BCUT2D eigenvalue weighted by molar-refractivity contribution is -0.384. The van der Waals surface area contributed by atoms with Gasteiger partial charge in [-0.25, -0.2) is 9.79 Å². The Bertz CT molecular complexity index is 1930. The zero-order valence-electron chi connectivity index (χ0n) is 23.6. The molecule has 0 saturated carbocycles. The molecule has 11 nitrogen and oxygen atoms in total. The molecule has 0 saturated heterocycles. The van der Waals surface area contributed by atoms with Gasteiger partial charge >= 0.3 is 5.97 Å². The SMILES string of the molecule is C=CCOc1ccc([C@H]2C(C(=O)OCC)=C(C)N=c3s/c(=C\c4ccc(-c5cc([N+](=O)[O-])ccc5OC)o4)c(=O)n32)cc1. The fraction of sp³-hybridized carbons (Fsp3) is 0.194. The molecule has 43 heavy (non-hydrogen) atoms. The molecule has 0 N–H and O–H groups in total. The molecular formula is C31H27N3O8S. The van der Waals surface area contributed by atoms with Crippen LogP contribution in [0.2, 0.25) is 0 Å². The van der Waals surface area contributed by atoms with Gasteiger partial charge < -0.3 is 18.6 Å². The van der Waals surface area contributed by atoms with Crippen molar-refractivity contribution in [3.63, 3.8) is 0 Å². The summed E-state index contributed by atoms with van der Waals surface area (Å²) in [6.45, 7) is 7.58. The number of non-ortho nitro benzene ring substituents is 1. The molecule has 1 aliphatic heterocycles. The number of hydrogen-bond donors (Lipinski definition) is 0. The standard InChI is InChI=1S/C31H27N3O8S/c1-5-15-41-21-10-7-19(8-11-21)28-27(30(36)40-6-2)18(3)32-31-33(28)29(35)26(43-31)17-22-12-14-25(42-22)23-16-20(34(37)38)9-13-24(23)39-4/h5,7-14,16-17,28H,1,6,15H2,2-4H3/b26-17-/t28-/m0/s1. The number of rotatable bonds is 10. The number of ether oxygens (including phenoxy) is 3. The van der Waals surface area contributed by atoms with E-state index in [1.807, 2.05) is 0 Å². The Balaban J connectivity index is 1.60. The van der Waals surface area contributed by atoms with E-state index in [1.165, 1.54) is 29.9 Å². The van der Waals surface area contributed by atoms with Gasteiger partial charge in [0, 0.05) is 18.2 Å². The number of carbonyl (C=O) groups is 1. The van der Waals surface area contributed by atoms with Crippen molar-refractivity contribution in [1.82, 2.24) is 4.57 Å². The fourth-order valence-corrected chi connectivity index (χ4v) is 5.74. The monoisotopic (exact) mass is 601 g/mol. The summed E-state index contributed by atoms with van der Waals surface area (Å²) < 4.78 is 24.1. The number of esters is 1. The predicted molar refractivity (Wildman–Crippen MR) is 160 cm³/mol. The van der Waals surface area contributed by atoms with Crippen molar-refractivity contribution in [2.75, 3.05) is 20.3 Å². The van der Waals surface area contributed by atoms with Crippen LogP contribution in [0, 0.1) is 10.1 Å². The van der Waals surface area contributed by atoms with E-state index in [0.717, 1.165) is 11.3 Å². The maximum atomic E-state index is 13.9. The first-order valence-corrected chi connectivity index (χ1v) is 14.0. The van der Waals surface area contributed by atoms with E-state index >= 15 is 0 Å². The lowest BCUT2D eigenvalue weighted by Gasteiger charge is -2.24. The van der Waals surface area contributed by atoms with Crippen molar-refractivity contribution in [2.45, 2.75) is 19.9 Å². The molecule has 0 aliphatic carbocycles. The highest BCUT2D eigenvalue weighted by Gasteiger charge is 2.33. The number of methoxy groups -OCH3 is 1. The third kappa shape index (κ3) is 5.77. The van der Waals surface area contributed by atoms with E-state index in [1.54, 1.807) is 62.4 Å². The number of furan rings is 1. The van der Waals surface area contributed by atoms with E-state index in [-0.39, 0.29) is 23.4 Å². The minimum absolute atomic E-state index is 0.116. The van der Waals surface area contributed by atoms with E-state index in [2.05, 4.69) is 11.6 Å². The molecule has 5 rings (SSSR count). The van der Waals surface area contributed by atoms with Crippen LogP contribution in [0.4, 0.5) is 5.69 Å². The summed E-state index contributed by atoms with van der Waals surface area (Å²) in [6.07, 6.45) is 3.21. The van der Waals surface area contributed by atoms with Gasteiger partial charge in [-0.3, -0.25) is 19.5 Å². The molecule has 3 heterocycles. The lowest BCUT2D eigenvalue weighted by Crippen LogP contribution is -2.39. The predicted octanol–water partition coefficient (Wildman–Crippen LogP) is 4.54. The number of carbonyl (C=O) groups excluding carboxylic acids is 1. The Labute approximate surface area is 249 Å². The highest BCUT2D eigenvalue weighted by atomic mass is 32.1. The van der Waals surface area contributed by atoms with Crippen LogP contribution in [0.3, 0.4) is 0 Å². The van der Waals surface area contributed by atoms with Gasteiger partial charge in [0.25, 0.3) is 11.2 Å². The van der Waals surface area contributed by atoms with Gasteiger partial charge in [-0.1, -0.05) is 36.1 Å². The van der Waals surface area contributed by atoms with Gasteiger partial charge in [-0.15, -0.1) is 0 Å². The van der Waals surface area contributed by atoms with Crippen LogP contribution in [0.5, 0.6) is 11.5 Å². The second-order valence-corrected chi connectivity index (χ2v) is 10.3. The Kier molecular flexibility index (Phi) is 8.39. The zero-order chi connectivity index (χ0) is 30.7. The van der Waals surface area contributed by atoms with E-state index in [0.29, 0.717) is 55.8 Å². The average Bonchev–Trinajstić information content (AvgIpc) is 3.59. The van der Waals surface area contributed by atoms with E-state index < -0.39 is 16.9 Å². The Morgan fingerprint density at radius 1 is 1.21 bits per heavy atom. The largest absolute Gasteiger partial charge is 0.496 e. The maximum absolute atomic E-state index is 13.9. The molecule has 0 radical (unpaired) electrons. The first-order valence-electron chi connectivity index (χ1n) is 13.2. The summed E-state index contributed by atoms with van der Waals surface area (Å²) in [6, 6.07) is 13.8. The van der Waals surface area contributed by atoms with Crippen molar-refractivity contribution < 1.29 is 28.3 Å². The smallest absolute Gasteiger partial charge is 0.338 e. The fourth-order valence-electron chi connectivity index (χ4n) is 4.71. The van der Waals surface area contributed by atoms with Crippen LogP contribution in [-0.4, -0.2) is 35.8 Å². The molecule has 0 amide bonds. The van der Waals surface area contributed by atoms with E-state index in [4.69, 9.17) is 18.6 Å². The number of aromatic nitrogens is 1. The lowest BCUT2D eigenvalue weighted by atomic mass is 9.96. The quantitative estimate of drug-likeness (QED) is 0.112. The first-order chi connectivity index (χ1) is 20.7.